The highest BCUT2D eigenvalue weighted by atomic mass is 32.1. The monoisotopic (exact) mass is 298 g/mol. The lowest BCUT2D eigenvalue weighted by atomic mass is 9.64. The maximum atomic E-state index is 11.1. The molecule has 1 saturated carbocycles. The van der Waals surface area contributed by atoms with Crippen LogP contribution in [0.4, 0.5) is 5.13 Å². The lowest BCUT2D eigenvalue weighted by Gasteiger charge is -2.51. The van der Waals surface area contributed by atoms with E-state index in [1.54, 1.807) is 18.4 Å². The summed E-state index contributed by atoms with van der Waals surface area (Å²) in [6, 6.07) is 0.382. The average Bonchev–Trinajstić information content (AvgIpc) is 2.88. The second kappa shape index (κ2) is 6.10. The summed E-state index contributed by atoms with van der Waals surface area (Å²) in [5.41, 5.74) is 1.05. The molecule has 1 N–H and O–H groups in total. The molecule has 0 radical (unpaired) electrons. The highest BCUT2D eigenvalue weighted by Crippen LogP contribution is 2.44. The number of hydrogen-bond donors (Lipinski definition) is 1. The smallest absolute Gasteiger partial charge is 0.305 e. The molecule has 0 aliphatic heterocycles. The van der Waals surface area contributed by atoms with E-state index in [4.69, 9.17) is 4.74 Å². The molecular formula is C14H22N2O3S. The second-order valence-corrected chi connectivity index (χ2v) is 6.56. The molecule has 1 aliphatic rings. The Labute approximate surface area is 123 Å². The van der Waals surface area contributed by atoms with Crippen LogP contribution < -0.4 is 5.32 Å². The van der Waals surface area contributed by atoms with Gasteiger partial charge in [0.15, 0.2) is 5.13 Å². The van der Waals surface area contributed by atoms with Gasteiger partial charge < -0.3 is 14.8 Å². The van der Waals surface area contributed by atoms with Gasteiger partial charge in [0.05, 0.1) is 25.3 Å². The van der Waals surface area contributed by atoms with Crippen molar-refractivity contribution in [2.45, 2.75) is 45.3 Å². The number of anilines is 1. The first-order valence-electron chi connectivity index (χ1n) is 6.78. The minimum atomic E-state index is -0.199. The van der Waals surface area contributed by atoms with Crippen LogP contribution in [0.25, 0.3) is 0 Å². The van der Waals surface area contributed by atoms with Gasteiger partial charge in [-0.05, 0) is 6.42 Å². The molecule has 20 heavy (non-hydrogen) atoms. The number of aromatic nitrogens is 1. The van der Waals surface area contributed by atoms with E-state index < -0.39 is 0 Å². The summed E-state index contributed by atoms with van der Waals surface area (Å²) in [5, 5.41) is 6.37. The number of aryl methyl sites for hydroxylation is 1. The van der Waals surface area contributed by atoms with Crippen LogP contribution in [0.1, 0.15) is 32.4 Å². The molecule has 0 amide bonds. The largest absolute Gasteiger partial charge is 0.469 e. The Bertz CT molecular complexity index is 473. The molecule has 0 aromatic carbocycles. The molecule has 1 heterocycles. The number of thiazole rings is 1. The molecule has 1 aliphatic carbocycles. The first kappa shape index (κ1) is 15.3. The summed E-state index contributed by atoms with van der Waals surface area (Å²) in [7, 11) is 3.16. The van der Waals surface area contributed by atoms with Crippen LogP contribution in [0, 0.1) is 5.41 Å². The normalized spacial score (nSPS) is 24.0. The number of carbonyl (C=O) groups is 1. The summed E-state index contributed by atoms with van der Waals surface area (Å²) in [6.07, 6.45) is 2.30. The molecule has 1 aromatic heterocycles. The molecule has 0 spiro atoms. The van der Waals surface area contributed by atoms with E-state index in [2.05, 4.69) is 28.9 Å². The van der Waals surface area contributed by atoms with Crippen molar-refractivity contribution in [2.75, 3.05) is 19.5 Å². The Morgan fingerprint density at radius 1 is 1.55 bits per heavy atom. The van der Waals surface area contributed by atoms with Crippen LogP contribution in [-0.4, -0.2) is 37.3 Å². The molecule has 6 heteroatoms. The number of methoxy groups -OCH3 is 2. The van der Waals surface area contributed by atoms with Crippen molar-refractivity contribution >= 4 is 22.4 Å². The van der Waals surface area contributed by atoms with Gasteiger partial charge in [-0.1, -0.05) is 13.8 Å². The third-order valence-electron chi connectivity index (χ3n) is 4.12. The Morgan fingerprint density at radius 3 is 2.90 bits per heavy atom. The predicted octanol–water partition coefficient (Wildman–Crippen LogP) is 2.47. The number of nitrogens with one attached hydrogen (secondary N) is 1. The van der Waals surface area contributed by atoms with Crippen LogP contribution in [0.5, 0.6) is 0 Å². The van der Waals surface area contributed by atoms with Crippen molar-refractivity contribution in [2.24, 2.45) is 5.41 Å². The Kier molecular flexibility index (Phi) is 4.65. The zero-order valence-corrected chi connectivity index (χ0v) is 13.3. The molecule has 2 atom stereocenters. The van der Waals surface area contributed by atoms with Gasteiger partial charge in [-0.2, -0.15) is 0 Å². The maximum Gasteiger partial charge on any atom is 0.305 e. The fourth-order valence-corrected chi connectivity index (χ4v) is 3.30. The van der Waals surface area contributed by atoms with E-state index >= 15 is 0 Å². The van der Waals surface area contributed by atoms with E-state index in [1.807, 2.05) is 5.38 Å². The highest BCUT2D eigenvalue weighted by Gasteiger charge is 2.48. The summed E-state index contributed by atoms with van der Waals surface area (Å²) >= 11 is 1.58. The highest BCUT2D eigenvalue weighted by molar-refractivity contribution is 7.13. The van der Waals surface area contributed by atoms with E-state index in [9.17, 15) is 4.79 Å². The van der Waals surface area contributed by atoms with Gasteiger partial charge in [0.2, 0.25) is 0 Å². The molecule has 5 nitrogen and oxygen atoms in total. The van der Waals surface area contributed by atoms with Gasteiger partial charge in [0, 0.05) is 30.4 Å². The van der Waals surface area contributed by atoms with Gasteiger partial charge in [-0.3, -0.25) is 4.79 Å². The van der Waals surface area contributed by atoms with E-state index in [0.29, 0.717) is 25.0 Å². The molecule has 1 fully saturated rings. The number of rotatable bonds is 6. The van der Waals surface area contributed by atoms with E-state index in [1.165, 1.54) is 7.11 Å². The Hall–Kier alpha value is -1.14. The van der Waals surface area contributed by atoms with Gasteiger partial charge in [0.25, 0.3) is 0 Å². The van der Waals surface area contributed by atoms with Crippen LogP contribution in [0.15, 0.2) is 5.38 Å². The van der Waals surface area contributed by atoms with Crippen molar-refractivity contribution in [1.29, 1.82) is 0 Å². The van der Waals surface area contributed by atoms with Crippen LogP contribution in [0.2, 0.25) is 0 Å². The minimum Gasteiger partial charge on any atom is -0.469 e. The maximum absolute atomic E-state index is 11.1. The van der Waals surface area contributed by atoms with Crippen LogP contribution in [0.3, 0.4) is 0 Å². The van der Waals surface area contributed by atoms with Crippen LogP contribution in [-0.2, 0) is 20.7 Å². The van der Waals surface area contributed by atoms with Crippen molar-refractivity contribution in [3.63, 3.8) is 0 Å². The zero-order chi connectivity index (χ0) is 14.8. The van der Waals surface area contributed by atoms with Crippen LogP contribution >= 0.6 is 11.3 Å². The van der Waals surface area contributed by atoms with E-state index in [0.717, 1.165) is 17.2 Å². The standard InChI is InChI=1S/C14H22N2O3S/c1-14(2)10(7-11(14)18-3)16-13-15-9(8-20-13)5-6-12(17)19-4/h8,10-11H,5-7H2,1-4H3,(H,15,16). The summed E-state index contributed by atoms with van der Waals surface area (Å²) in [6.45, 7) is 4.40. The quantitative estimate of drug-likeness (QED) is 0.818. The third-order valence-corrected chi connectivity index (χ3v) is 4.95. The van der Waals surface area contributed by atoms with Gasteiger partial charge in [0.1, 0.15) is 0 Å². The van der Waals surface area contributed by atoms with Gasteiger partial charge in [-0.25, -0.2) is 4.98 Å². The van der Waals surface area contributed by atoms with E-state index in [-0.39, 0.29) is 11.4 Å². The fraction of sp³-hybridized carbons (Fsp3) is 0.714. The topological polar surface area (TPSA) is 60.5 Å². The summed E-state index contributed by atoms with van der Waals surface area (Å²) < 4.78 is 10.1. The Morgan fingerprint density at radius 2 is 2.30 bits per heavy atom. The number of nitrogens with zero attached hydrogens (tertiary/aromatic N) is 1. The number of ether oxygens (including phenoxy) is 2. The number of esters is 1. The summed E-state index contributed by atoms with van der Waals surface area (Å²) in [4.78, 5) is 15.6. The van der Waals surface area contributed by atoms with Crippen molar-refractivity contribution in [3.05, 3.63) is 11.1 Å². The zero-order valence-electron chi connectivity index (χ0n) is 12.4. The molecule has 0 bridgehead atoms. The second-order valence-electron chi connectivity index (χ2n) is 5.70. The predicted molar refractivity (Wildman–Crippen MR) is 79.1 cm³/mol. The molecular weight excluding hydrogens is 276 g/mol. The molecule has 1 aromatic rings. The van der Waals surface area contributed by atoms with Gasteiger partial charge >= 0.3 is 5.97 Å². The van der Waals surface area contributed by atoms with Crippen molar-refractivity contribution in [1.82, 2.24) is 4.98 Å². The average molecular weight is 298 g/mol. The molecule has 2 rings (SSSR count). The SMILES string of the molecule is COC(=O)CCc1csc(NC2CC(OC)C2(C)C)n1. The third kappa shape index (κ3) is 3.12. The molecule has 2 unspecified atom stereocenters. The van der Waals surface area contributed by atoms with Gasteiger partial charge in [-0.15, -0.1) is 11.3 Å². The Balaban J connectivity index is 1.86. The molecule has 0 saturated heterocycles. The summed E-state index contributed by atoms with van der Waals surface area (Å²) in [5.74, 6) is -0.199. The van der Waals surface area contributed by atoms with Crippen molar-refractivity contribution in [3.8, 4) is 0 Å². The first-order valence-corrected chi connectivity index (χ1v) is 7.66. The van der Waals surface area contributed by atoms with Crippen molar-refractivity contribution < 1.29 is 14.3 Å². The lowest BCUT2D eigenvalue weighted by molar-refractivity contribution is -0.140. The fourth-order valence-electron chi connectivity index (χ4n) is 2.50. The molecule has 112 valence electrons. The lowest BCUT2D eigenvalue weighted by Crippen LogP contribution is -2.57. The minimum absolute atomic E-state index is 0.118. The number of hydrogen-bond acceptors (Lipinski definition) is 6. The first-order chi connectivity index (χ1) is 9.47. The number of carbonyl (C=O) groups excluding carboxylic acids is 1.